The van der Waals surface area contributed by atoms with Gasteiger partial charge in [-0.1, -0.05) is 23.7 Å². The van der Waals surface area contributed by atoms with Gasteiger partial charge in [0.05, 0.1) is 34.6 Å². The second-order valence-electron chi connectivity index (χ2n) is 6.93. The van der Waals surface area contributed by atoms with E-state index >= 15 is 0 Å². The first-order chi connectivity index (χ1) is 14.4. The Morgan fingerprint density at radius 3 is 2.73 bits per heavy atom. The second-order valence-corrected chi connectivity index (χ2v) is 8.79. The van der Waals surface area contributed by atoms with Crippen molar-refractivity contribution in [3.8, 4) is 6.07 Å². The quantitative estimate of drug-likeness (QED) is 0.618. The summed E-state index contributed by atoms with van der Waals surface area (Å²) >= 11 is 7.36. The number of anilines is 1. The first-order valence-electron chi connectivity index (χ1n) is 9.75. The number of para-hydroxylation sites is 1. The van der Waals surface area contributed by atoms with Crippen LogP contribution in [-0.2, 0) is 14.3 Å². The van der Waals surface area contributed by atoms with Gasteiger partial charge in [0.25, 0.3) is 0 Å². The highest BCUT2D eigenvalue weighted by molar-refractivity contribution is 8.02. The van der Waals surface area contributed by atoms with Gasteiger partial charge in [-0.15, -0.1) is 11.8 Å². The number of urea groups is 1. The summed E-state index contributed by atoms with van der Waals surface area (Å²) in [7, 11) is 0. The fraction of sp³-hybridized carbons (Fsp3) is 0.500. The topological polar surface area (TPSA) is 112 Å². The van der Waals surface area contributed by atoms with E-state index in [4.69, 9.17) is 16.3 Å². The average Bonchev–Trinajstić information content (AvgIpc) is 3.27. The molecule has 0 radical (unpaired) electrons. The Balaban J connectivity index is 1.59. The van der Waals surface area contributed by atoms with Crippen molar-refractivity contribution in [3.05, 3.63) is 29.3 Å². The van der Waals surface area contributed by atoms with Gasteiger partial charge in [-0.05, 0) is 32.4 Å². The molecule has 4 unspecified atom stereocenters. The monoisotopic (exact) mass is 450 g/mol. The molecule has 4 atom stereocenters. The number of hydrogen-bond acceptors (Lipinski definition) is 6. The van der Waals surface area contributed by atoms with Gasteiger partial charge < -0.3 is 20.3 Å². The molecule has 1 aromatic rings. The molecule has 1 saturated heterocycles. The molecule has 2 aliphatic rings. The summed E-state index contributed by atoms with van der Waals surface area (Å²) in [6.07, 6.45) is 0.380. The highest BCUT2D eigenvalue weighted by Crippen LogP contribution is 2.66. The largest absolute Gasteiger partial charge is 0.466 e. The first-order valence-corrected chi connectivity index (χ1v) is 11.0. The van der Waals surface area contributed by atoms with Crippen molar-refractivity contribution in [2.75, 3.05) is 25.0 Å². The number of thioether (sulfide) groups is 1. The number of carbonyl (C=O) groups excluding carboxylic acids is 3. The Morgan fingerprint density at radius 2 is 2.10 bits per heavy atom. The zero-order valence-corrected chi connectivity index (χ0v) is 18.3. The van der Waals surface area contributed by atoms with Crippen LogP contribution < -0.4 is 10.6 Å². The standard InChI is InChI=1S/C20H23ClN4O4S/c1-3-25-17(26)15(30-20(25)12(11-22)16(20)18(27)29-4-2)9-10-23-19(28)24-14-8-6-5-7-13(14)21/h5-8,12,15-16H,3-4,9-10H2,1-2H3,(H2,23,24,28). The SMILES string of the molecule is CCOC(=O)C1C(C#N)C12SC(CCNC(=O)Nc1ccccc1Cl)C(=O)N2CC. The van der Waals surface area contributed by atoms with Gasteiger partial charge in [-0.2, -0.15) is 5.26 Å². The van der Waals surface area contributed by atoms with Gasteiger partial charge in [-0.25, -0.2) is 4.79 Å². The van der Waals surface area contributed by atoms with Crippen LogP contribution in [0.1, 0.15) is 20.3 Å². The van der Waals surface area contributed by atoms with Crippen LogP contribution in [0.4, 0.5) is 10.5 Å². The summed E-state index contributed by atoms with van der Waals surface area (Å²) in [5.41, 5.74) is 0.492. The van der Waals surface area contributed by atoms with E-state index in [0.717, 1.165) is 0 Å². The number of nitriles is 1. The van der Waals surface area contributed by atoms with Crippen molar-refractivity contribution in [1.82, 2.24) is 10.2 Å². The molecular formula is C20H23ClN4O4S. The normalized spacial score (nSPS) is 26.9. The number of rotatable bonds is 7. The van der Waals surface area contributed by atoms with Crippen LogP contribution in [0.5, 0.6) is 0 Å². The number of nitrogens with one attached hydrogen (secondary N) is 2. The van der Waals surface area contributed by atoms with Crippen molar-refractivity contribution >= 4 is 47.0 Å². The molecule has 0 aromatic heterocycles. The van der Waals surface area contributed by atoms with Crippen molar-refractivity contribution in [2.45, 2.75) is 30.4 Å². The van der Waals surface area contributed by atoms with Gasteiger partial charge in [0.1, 0.15) is 10.8 Å². The Morgan fingerprint density at radius 1 is 1.37 bits per heavy atom. The van der Waals surface area contributed by atoms with Crippen molar-refractivity contribution < 1.29 is 19.1 Å². The smallest absolute Gasteiger partial charge is 0.319 e. The first kappa shape index (κ1) is 22.2. The summed E-state index contributed by atoms with van der Waals surface area (Å²) in [6.45, 7) is 4.42. The van der Waals surface area contributed by atoms with E-state index in [9.17, 15) is 19.6 Å². The lowest BCUT2D eigenvalue weighted by Crippen LogP contribution is -2.39. The Labute approximate surface area is 184 Å². The summed E-state index contributed by atoms with van der Waals surface area (Å²) in [5.74, 6) is -1.80. The lowest BCUT2D eigenvalue weighted by molar-refractivity contribution is -0.145. The van der Waals surface area contributed by atoms with Crippen molar-refractivity contribution in [3.63, 3.8) is 0 Å². The highest BCUT2D eigenvalue weighted by Gasteiger charge is 2.77. The number of carbonyl (C=O) groups is 3. The molecule has 8 nitrogen and oxygen atoms in total. The minimum atomic E-state index is -0.864. The molecule has 1 aliphatic carbocycles. The minimum Gasteiger partial charge on any atom is -0.466 e. The van der Waals surface area contributed by atoms with Gasteiger partial charge in [0, 0.05) is 13.1 Å². The number of ether oxygens (including phenoxy) is 1. The fourth-order valence-electron chi connectivity index (χ4n) is 3.86. The molecule has 1 aliphatic heterocycles. The van der Waals surface area contributed by atoms with Gasteiger partial charge >= 0.3 is 12.0 Å². The van der Waals surface area contributed by atoms with Crippen LogP contribution in [0.3, 0.4) is 0 Å². The van der Waals surface area contributed by atoms with E-state index in [-0.39, 0.29) is 19.1 Å². The molecule has 1 aromatic carbocycles. The molecule has 10 heteroatoms. The Hall–Kier alpha value is -2.44. The average molecular weight is 451 g/mol. The molecule has 1 saturated carbocycles. The molecule has 2 fully saturated rings. The molecule has 1 heterocycles. The summed E-state index contributed by atoms with van der Waals surface area (Å²) < 4.78 is 5.11. The van der Waals surface area contributed by atoms with Gasteiger partial charge in [0.15, 0.2) is 0 Å². The summed E-state index contributed by atoms with van der Waals surface area (Å²) in [4.78, 5) is 38.1. The molecule has 3 amide bonds. The van der Waals surface area contributed by atoms with E-state index in [0.29, 0.717) is 23.7 Å². The Kier molecular flexibility index (Phi) is 6.78. The van der Waals surface area contributed by atoms with E-state index in [2.05, 4.69) is 16.7 Å². The van der Waals surface area contributed by atoms with E-state index in [1.54, 1.807) is 36.1 Å². The number of benzene rings is 1. The molecular weight excluding hydrogens is 428 g/mol. The number of amides is 3. The van der Waals surface area contributed by atoms with Crippen LogP contribution in [0.15, 0.2) is 24.3 Å². The zero-order chi connectivity index (χ0) is 21.9. The lowest BCUT2D eigenvalue weighted by Gasteiger charge is -2.22. The lowest BCUT2D eigenvalue weighted by atomic mass is 10.2. The summed E-state index contributed by atoms with van der Waals surface area (Å²) in [6, 6.07) is 8.62. The maximum Gasteiger partial charge on any atom is 0.319 e. The van der Waals surface area contributed by atoms with E-state index < -0.39 is 34.0 Å². The molecule has 0 bridgehead atoms. The van der Waals surface area contributed by atoms with Crippen LogP contribution in [0.25, 0.3) is 0 Å². The highest BCUT2D eigenvalue weighted by atomic mass is 35.5. The van der Waals surface area contributed by atoms with Gasteiger partial charge in [-0.3, -0.25) is 9.59 Å². The predicted octanol–water partition coefficient (Wildman–Crippen LogP) is 2.84. The summed E-state index contributed by atoms with van der Waals surface area (Å²) in [5, 5.41) is 14.9. The third-order valence-corrected chi connectivity index (χ3v) is 7.38. The number of esters is 1. The Bertz CT molecular complexity index is 892. The number of hydrogen-bond donors (Lipinski definition) is 2. The van der Waals surface area contributed by atoms with E-state index in [1.807, 2.05) is 6.92 Å². The van der Waals surface area contributed by atoms with Crippen LogP contribution in [-0.4, -0.2) is 52.6 Å². The number of nitrogens with zero attached hydrogens (tertiary/aromatic N) is 2. The molecule has 1 spiro atoms. The minimum absolute atomic E-state index is 0.122. The molecule has 3 rings (SSSR count). The fourth-order valence-corrected chi connectivity index (χ4v) is 5.95. The van der Waals surface area contributed by atoms with Gasteiger partial charge in [0.2, 0.25) is 5.91 Å². The van der Waals surface area contributed by atoms with Crippen LogP contribution in [0.2, 0.25) is 5.02 Å². The number of halogens is 1. The third-order valence-electron chi connectivity index (χ3n) is 5.22. The maximum atomic E-state index is 12.9. The maximum absolute atomic E-state index is 12.9. The van der Waals surface area contributed by atoms with Crippen LogP contribution in [0, 0.1) is 23.2 Å². The predicted molar refractivity (Wildman–Crippen MR) is 114 cm³/mol. The van der Waals surface area contributed by atoms with Crippen molar-refractivity contribution in [2.24, 2.45) is 11.8 Å². The van der Waals surface area contributed by atoms with Crippen molar-refractivity contribution in [1.29, 1.82) is 5.26 Å². The molecule has 160 valence electrons. The second kappa shape index (κ2) is 9.14. The van der Waals surface area contributed by atoms with Crippen LogP contribution >= 0.6 is 23.4 Å². The third kappa shape index (κ3) is 3.94. The van der Waals surface area contributed by atoms with E-state index in [1.165, 1.54) is 11.8 Å². The molecule has 30 heavy (non-hydrogen) atoms. The molecule has 2 N–H and O–H groups in total. The zero-order valence-electron chi connectivity index (χ0n) is 16.7.